The first-order valence-electron chi connectivity index (χ1n) is 11.7. The molecule has 190 valence electrons. The molecular weight excluding hydrogens is 487 g/mol. The van der Waals surface area contributed by atoms with Crippen molar-refractivity contribution in [2.45, 2.75) is 13.8 Å². The van der Waals surface area contributed by atoms with Crippen molar-refractivity contribution in [2.75, 3.05) is 12.4 Å². The minimum absolute atomic E-state index is 0.0376. The number of fused-ring (bicyclic) bond motifs is 1. The summed E-state index contributed by atoms with van der Waals surface area (Å²) in [6.07, 6.45) is 3.21. The minimum atomic E-state index is -0.560. The molecule has 0 unspecified atom stereocenters. The van der Waals surface area contributed by atoms with Crippen LogP contribution in [0, 0.1) is 19.7 Å². The van der Waals surface area contributed by atoms with E-state index >= 15 is 0 Å². The molecule has 9 heteroatoms. The zero-order valence-corrected chi connectivity index (χ0v) is 20.9. The van der Waals surface area contributed by atoms with Crippen molar-refractivity contribution in [2.24, 2.45) is 0 Å². The number of carbonyl (C=O) groups is 1. The number of halogens is 1. The van der Waals surface area contributed by atoms with E-state index in [1.54, 1.807) is 75.8 Å². The van der Waals surface area contributed by atoms with E-state index in [1.807, 2.05) is 0 Å². The van der Waals surface area contributed by atoms with Gasteiger partial charge in [-0.3, -0.25) is 19.1 Å². The van der Waals surface area contributed by atoms with E-state index < -0.39 is 17.3 Å². The zero-order chi connectivity index (χ0) is 26.8. The molecule has 8 nitrogen and oxygen atoms in total. The van der Waals surface area contributed by atoms with Crippen LogP contribution in [-0.4, -0.2) is 27.6 Å². The van der Waals surface area contributed by atoms with Gasteiger partial charge in [0.05, 0.1) is 24.5 Å². The molecular formula is C29H23FN4O4. The molecule has 3 heterocycles. The van der Waals surface area contributed by atoms with Gasteiger partial charge in [-0.05, 0) is 74.0 Å². The Bertz CT molecular complexity index is 1730. The van der Waals surface area contributed by atoms with Crippen LogP contribution in [0.2, 0.25) is 0 Å². The summed E-state index contributed by atoms with van der Waals surface area (Å²) in [5, 5.41) is 2.75. The maximum Gasteiger partial charge on any atom is 0.268 e. The van der Waals surface area contributed by atoms with E-state index in [-0.39, 0.29) is 5.56 Å². The molecule has 1 N–H and O–H groups in total. The number of pyridine rings is 3. The fourth-order valence-corrected chi connectivity index (χ4v) is 4.09. The first-order chi connectivity index (χ1) is 18.3. The minimum Gasteiger partial charge on any atom is -0.495 e. The molecule has 3 aromatic heterocycles. The van der Waals surface area contributed by atoms with Gasteiger partial charge in [0, 0.05) is 29.7 Å². The monoisotopic (exact) mass is 510 g/mol. The average molecular weight is 511 g/mol. The molecule has 5 aromatic rings. The molecule has 2 aromatic carbocycles. The highest BCUT2D eigenvalue weighted by Crippen LogP contribution is 2.29. The number of hydrogen-bond donors (Lipinski definition) is 1. The van der Waals surface area contributed by atoms with E-state index in [9.17, 15) is 14.0 Å². The molecule has 1 amide bonds. The highest BCUT2D eigenvalue weighted by atomic mass is 19.1. The van der Waals surface area contributed by atoms with Gasteiger partial charge < -0.3 is 14.8 Å². The van der Waals surface area contributed by atoms with Crippen molar-refractivity contribution < 1.29 is 18.7 Å². The topological polar surface area (TPSA) is 95.3 Å². The van der Waals surface area contributed by atoms with Crippen LogP contribution >= 0.6 is 0 Å². The summed E-state index contributed by atoms with van der Waals surface area (Å²) >= 11 is 0. The summed E-state index contributed by atoms with van der Waals surface area (Å²) in [5.41, 5.74) is 2.88. The van der Waals surface area contributed by atoms with E-state index in [0.717, 1.165) is 0 Å². The van der Waals surface area contributed by atoms with Crippen molar-refractivity contribution in [1.82, 2.24) is 14.5 Å². The van der Waals surface area contributed by atoms with E-state index in [1.165, 1.54) is 28.8 Å². The van der Waals surface area contributed by atoms with Gasteiger partial charge in [-0.2, -0.15) is 0 Å². The number of nitrogens with one attached hydrogen (secondary N) is 1. The number of benzene rings is 2. The summed E-state index contributed by atoms with van der Waals surface area (Å²) in [6.45, 7) is 3.46. The lowest BCUT2D eigenvalue weighted by Gasteiger charge is -2.14. The van der Waals surface area contributed by atoms with Crippen LogP contribution in [0.3, 0.4) is 0 Å². The van der Waals surface area contributed by atoms with Crippen LogP contribution in [0.25, 0.3) is 16.7 Å². The molecule has 0 spiro atoms. The van der Waals surface area contributed by atoms with Crippen molar-refractivity contribution in [3.63, 3.8) is 0 Å². The lowest BCUT2D eigenvalue weighted by Crippen LogP contribution is -2.29. The smallest absolute Gasteiger partial charge is 0.268 e. The molecule has 0 aliphatic heterocycles. The molecule has 38 heavy (non-hydrogen) atoms. The Kier molecular flexibility index (Phi) is 6.57. The lowest BCUT2D eigenvalue weighted by molar-refractivity contribution is 0.102. The highest BCUT2D eigenvalue weighted by Gasteiger charge is 2.17. The van der Waals surface area contributed by atoms with Crippen LogP contribution in [0.1, 0.15) is 21.6 Å². The van der Waals surface area contributed by atoms with E-state index in [0.29, 0.717) is 50.9 Å². The molecule has 0 fully saturated rings. The molecule has 0 atom stereocenters. The Morgan fingerprint density at radius 3 is 2.47 bits per heavy atom. The number of carbonyl (C=O) groups excluding carboxylic acids is 1. The second-order valence-electron chi connectivity index (χ2n) is 8.59. The number of aromatic nitrogens is 3. The number of amides is 1. The van der Waals surface area contributed by atoms with Crippen LogP contribution < -0.4 is 20.3 Å². The summed E-state index contributed by atoms with van der Waals surface area (Å²) in [7, 11) is 1.56. The highest BCUT2D eigenvalue weighted by molar-refractivity contribution is 6.04. The van der Waals surface area contributed by atoms with Gasteiger partial charge in [0.2, 0.25) is 0 Å². The lowest BCUT2D eigenvalue weighted by atomic mass is 10.1. The number of methoxy groups -OCH3 is 1. The van der Waals surface area contributed by atoms with Crippen molar-refractivity contribution >= 4 is 22.6 Å². The summed E-state index contributed by atoms with van der Waals surface area (Å²) in [5.74, 6) is 0.682. The second kappa shape index (κ2) is 10.1. The summed E-state index contributed by atoms with van der Waals surface area (Å²) in [4.78, 5) is 34.9. The fourth-order valence-electron chi connectivity index (χ4n) is 4.09. The van der Waals surface area contributed by atoms with Crippen LogP contribution in [-0.2, 0) is 0 Å². The standard InChI is InChI=1S/C29H23FN4O4/c1-17-14-19(30)5-11-25(17)34-18(2)4-10-23(29(34)36)28(35)33-20-6-8-21(9-7-20)38-26-12-13-31-24-15-22(37-3)16-32-27(24)26/h4-16H,1-3H3,(H,33,35). The van der Waals surface area contributed by atoms with Crippen molar-refractivity contribution in [1.29, 1.82) is 0 Å². The Hall–Kier alpha value is -5.05. The van der Waals surface area contributed by atoms with Gasteiger partial charge in [0.15, 0.2) is 5.75 Å². The number of rotatable bonds is 6. The van der Waals surface area contributed by atoms with Crippen LogP contribution in [0.15, 0.2) is 83.9 Å². The van der Waals surface area contributed by atoms with Gasteiger partial charge in [-0.25, -0.2) is 9.37 Å². The predicted molar refractivity (Wildman–Crippen MR) is 142 cm³/mol. The van der Waals surface area contributed by atoms with Gasteiger partial charge >= 0.3 is 0 Å². The third-order valence-corrected chi connectivity index (χ3v) is 6.01. The Balaban J connectivity index is 1.36. The predicted octanol–water partition coefficient (Wildman–Crippen LogP) is 5.59. The first-order valence-corrected chi connectivity index (χ1v) is 11.7. The summed E-state index contributed by atoms with van der Waals surface area (Å²) in [6, 6.07) is 17.5. The van der Waals surface area contributed by atoms with Gasteiger partial charge in [0.25, 0.3) is 11.5 Å². The van der Waals surface area contributed by atoms with Gasteiger partial charge in [-0.1, -0.05) is 0 Å². The molecule has 0 aliphatic carbocycles. The SMILES string of the molecule is COc1cnc2c(Oc3ccc(NC(=O)c4ccc(C)n(-c5ccc(F)cc5C)c4=O)cc3)ccnc2c1. The second-order valence-corrected chi connectivity index (χ2v) is 8.59. The number of anilines is 1. The molecule has 0 aliphatic rings. The molecule has 0 saturated heterocycles. The fraction of sp³-hybridized carbons (Fsp3) is 0.103. The molecule has 5 rings (SSSR count). The maximum absolute atomic E-state index is 13.6. The zero-order valence-electron chi connectivity index (χ0n) is 20.9. The molecule has 0 bridgehead atoms. The Labute approximate surface area is 217 Å². The van der Waals surface area contributed by atoms with E-state index in [2.05, 4.69) is 15.3 Å². The summed E-state index contributed by atoms with van der Waals surface area (Å²) < 4.78 is 26.2. The van der Waals surface area contributed by atoms with Crippen LogP contribution in [0.5, 0.6) is 17.2 Å². The van der Waals surface area contributed by atoms with Crippen molar-refractivity contribution in [3.8, 4) is 22.9 Å². The Morgan fingerprint density at radius 2 is 1.74 bits per heavy atom. The van der Waals surface area contributed by atoms with Gasteiger partial charge in [-0.15, -0.1) is 0 Å². The number of aryl methyl sites for hydroxylation is 2. The Morgan fingerprint density at radius 1 is 0.947 bits per heavy atom. The third-order valence-electron chi connectivity index (χ3n) is 6.01. The third kappa shape index (κ3) is 4.81. The quantitative estimate of drug-likeness (QED) is 0.320. The van der Waals surface area contributed by atoms with Crippen molar-refractivity contribution in [3.05, 3.63) is 112 Å². The maximum atomic E-state index is 13.6. The van der Waals surface area contributed by atoms with E-state index in [4.69, 9.17) is 9.47 Å². The first kappa shape index (κ1) is 24.6. The number of hydrogen-bond acceptors (Lipinski definition) is 6. The number of nitrogens with zero attached hydrogens (tertiary/aromatic N) is 3. The number of ether oxygens (including phenoxy) is 2. The molecule has 0 saturated carbocycles. The normalized spacial score (nSPS) is 10.8. The van der Waals surface area contributed by atoms with Crippen LogP contribution in [0.4, 0.5) is 10.1 Å². The average Bonchev–Trinajstić information content (AvgIpc) is 2.90. The largest absolute Gasteiger partial charge is 0.495 e. The molecule has 0 radical (unpaired) electrons. The van der Waals surface area contributed by atoms with Gasteiger partial charge in [0.1, 0.15) is 28.4 Å².